The van der Waals surface area contributed by atoms with E-state index in [2.05, 4.69) is 191 Å². The first-order chi connectivity index (χ1) is 40.0. The summed E-state index contributed by atoms with van der Waals surface area (Å²) in [5, 5.41) is 0. The van der Waals surface area contributed by atoms with Crippen LogP contribution in [0.15, 0.2) is 170 Å². The summed E-state index contributed by atoms with van der Waals surface area (Å²) in [4.78, 5) is 38.4. The Morgan fingerprint density at radius 1 is 0.247 bits per heavy atom. The van der Waals surface area contributed by atoms with Crippen molar-refractivity contribution < 1.29 is 28.6 Å². The number of ether oxygens (including phenoxy) is 3. The molecule has 0 fully saturated rings. The summed E-state index contributed by atoms with van der Waals surface area (Å²) in [6.45, 7) is 6.26. The van der Waals surface area contributed by atoms with E-state index in [1.807, 2.05) is 0 Å². The largest absolute Gasteiger partial charge is 0.462 e. The third-order valence-electron chi connectivity index (χ3n) is 13.2. The van der Waals surface area contributed by atoms with Crippen molar-refractivity contribution in [1.29, 1.82) is 0 Å². The molecule has 1 unspecified atom stereocenters. The van der Waals surface area contributed by atoms with E-state index in [1.165, 1.54) is 32.1 Å². The summed E-state index contributed by atoms with van der Waals surface area (Å²) >= 11 is 0. The molecule has 0 aromatic carbocycles. The third kappa shape index (κ3) is 65.5. The van der Waals surface area contributed by atoms with Gasteiger partial charge in [0.15, 0.2) is 6.10 Å². The van der Waals surface area contributed by atoms with Crippen LogP contribution in [0.25, 0.3) is 0 Å². The van der Waals surface area contributed by atoms with Crippen molar-refractivity contribution in [2.75, 3.05) is 13.2 Å². The number of rotatable bonds is 57. The molecule has 454 valence electrons. The highest BCUT2D eigenvalue weighted by Crippen LogP contribution is 2.14. The predicted octanol–water partition coefficient (Wildman–Crippen LogP) is 22.7. The standard InChI is InChI=1S/C75H118O6/c1-4-7-10-13-16-19-22-25-28-30-32-34-35-36-37-38-39-41-42-44-47-50-53-56-59-62-65-68-74(77)80-71-72(70-79-73(76)67-64-61-58-55-52-49-46-27-24-21-18-15-12-9-6-3)81-75(78)69-66-63-60-57-54-51-48-45-43-40-33-31-29-26-23-20-17-14-11-8-5-2/h7-12,16-21,25-29,32-34,36-37,39-41,45-46,48,72H,4-6,13-15,22-24,30-31,35,38,42-44,47,49-71H2,1-3H3/b10-7-,11-8-,12-9-,19-16-,20-17-,21-18-,28-25-,29-26-,34-32-,37-36-,40-33-,41-39-,46-27-,48-45-. The molecule has 0 aliphatic carbocycles. The normalized spacial score (nSPS) is 13.3. The van der Waals surface area contributed by atoms with Crippen LogP contribution in [0.4, 0.5) is 0 Å². The van der Waals surface area contributed by atoms with Crippen molar-refractivity contribution in [1.82, 2.24) is 0 Å². The lowest BCUT2D eigenvalue weighted by atomic mass is 10.1. The van der Waals surface area contributed by atoms with E-state index in [0.29, 0.717) is 19.3 Å². The number of carbonyl (C=O) groups is 3. The molecule has 0 heterocycles. The topological polar surface area (TPSA) is 78.9 Å². The highest BCUT2D eigenvalue weighted by atomic mass is 16.6. The average molecular weight is 1120 g/mol. The Labute approximate surface area is 498 Å². The zero-order valence-electron chi connectivity index (χ0n) is 52.0. The van der Waals surface area contributed by atoms with Gasteiger partial charge in [-0.15, -0.1) is 0 Å². The zero-order valence-corrected chi connectivity index (χ0v) is 52.0. The second-order valence-corrected chi connectivity index (χ2v) is 20.9. The average Bonchev–Trinajstić information content (AvgIpc) is 3.47. The van der Waals surface area contributed by atoms with Gasteiger partial charge in [-0.1, -0.05) is 268 Å². The molecule has 0 bridgehead atoms. The Morgan fingerprint density at radius 3 is 0.691 bits per heavy atom. The van der Waals surface area contributed by atoms with Crippen LogP contribution < -0.4 is 0 Å². The van der Waals surface area contributed by atoms with E-state index in [-0.39, 0.29) is 31.1 Å². The van der Waals surface area contributed by atoms with Crippen LogP contribution >= 0.6 is 0 Å². The van der Waals surface area contributed by atoms with Crippen LogP contribution in [-0.4, -0.2) is 37.2 Å². The van der Waals surface area contributed by atoms with Gasteiger partial charge in [0.25, 0.3) is 0 Å². The molecule has 0 radical (unpaired) electrons. The second-order valence-electron chi connectivity index (χ2n) is 20.9. The first-order valence-corrected chi connectivity index (χ1v) is 32.6. The molecular formula is C75H118O6. The number of esters is 3. The quantitative estimate of drug-likeness (QED) is 0.0261. The van der Waals surface area contributed by atoms with Crippen LogP contribution in [0.5, 0.6) is 0 Å². The van der Waals surface area contributed by atoms with E-state index in [4.69, 9.17) is 14.2 Å². The molecule has 0 rings (SSSR count). The van der Waals surface area contributed by atoms with Gasteiger partial charge in [-0.3, -0.25) is 14.4 Å². The predicted molar refractivity (Wildman–Crippen MR) is 352 cm³/mol. The summed E-state index contributed by atoms with van der Waals surface area (Å²) in [7, 11) is 0. The van der Waals surface area contributed by atoms with E-state index >= 15 is 0 Å². The molecule has 0 spiro atoms. The minimum absolute atomic E-state index is 0.104. The minimum atomic E-state index is -0.810. The molecule has 0 amide bonds. The molecule has 6 heteroatoms. The fourth-order valence-corrected chi connectivity index (χ4v) is 8.43. The summed E-state index contributed by atoms with van der Waals surface area (Å²) in [6.07, 6.45) is 99.2. The van der Waals surface area contributed by atoms with Gasteiger partial charge >= 0.3 is 17.9 Å². The van der Waals surface area contributed by atoms with Crippen LogP contribution in [0.3, 0.4) is 0 Å². The van der Waals surface area contributed by atoms with Crippen LogP contribution in [0, 0.1) is 0 Å². The van der Waals surface area contributed by atoms with Gasteiger partial charge < -0.3 is 14.2 Å². The van der Waals surface area contributed by atoms with Crippen molar-refractivity contribution in [3.8, 4) is 0 Å². The maximum Gasteiger partial charge on any atom is 0.306 e. The first-order valence-electron chi connectivity index (χ1n) is 32.6. The van der Waals surface area contributed by atoms with Crippen molar-refractivity contribution in [3.05, 3.63) is 170 Å². The van der Waals surface area contributed by atoms with Crippen molar-refractivity contribution in [2.45, 2.75) is 271 Å². The molecule has 0 aliphatic heterocycles. The molecule has 81 heavy (non-hydrogen) atoms. The molecule has 0 aliphatic rings. The van der Waals surface area contributed by atoms with Crippen LogP contribution in [0.1, 0.15) is 265 Å². The maximum atomic E-state index is 12.9. The number of allylic oxidation sites excluding steroid dienone is 28. The lowest BCUT2D eigenvalue weighted by molar-refractivity contribution is -0.167. The third-order valence-corrected chi connectivity index (χ3v) is 13.2. The van der Waals surface area contributed by atoms with Crippen LogP contribution in [-0.2, 0) is 28.6 Å². The van der Waals surface area contributed by atoms with E-state index in [1.54, 1.807) is 0 Å². The maximum absolute atomic E-state index is 12.9. The number of unbranched alkanes of at least 4 members (excludes halogenated alkanes) is 18. The van der Waals surface area contributed by atoms with Gasteiger partial charge in [-0.2, -0.15) is 0 Å². The summed E-state index contributed by atoms with van der Waals surface area (Å²) in [6, 6.07) is 0. The molecule has 0 aromatic rings. The SMILES string of the molecule is CC/C=C\C/C=C\C/C=C\C/C=C\C/C=C\C/C=C\CCCCCCCCCCC(=O)OCC(COC(=O)CCCCCCC/C=C\C/C=C\C/C=C\CC)OC(=O)CCCCCCC/C=C\C/C=C\C/C=C\C/C=C\C/C=C\CC. The van der Waals surface area contributed by atoms with Gasteiger partial charge in [0.1, 0.15) is 13.2 Å². The number of carbonyl (C=O) groups excluding carboxylic acids is 3. The molecule has 0 aromatic heterocycles. The van der Waals surface area contributed by atoms with Crippen molar-refractivity contribution in [2.24, 2.45) is 0 Å². The highest BCUT2D eigenvalue weighted by molar-refractivity contribution is 5.71. The van der Waals surface area contributed by atoms with E-state index < -0.39 is 6.10 Å². The smallest absolute Gasteiger partial charge is 0.306 e. The summed E-state index contributed by atoms with van der Waals surface area (Å²) in [5.74, 6) is -0.951. The molecule has 1 atom stereocenters. The summed E-state index contributed by atoms with van der Waals surface area (Å²) < 4.78 is 16.9. The number of hydrogen-bond acceptors (Lipinski definition) is 6. The van der Waals surface area contributed by atoms with Crippen molar-refractivity contribution in [3.63, 3.8) is 0 Å². The lowest BCUT2D eigenvalue weighted by Gasteiger charge is -2.18. The van der Waals surface area contributed by atoms with Gasteiger partial charge in [0, 0.05) is 19.3 Å². The van der Waals surface area contributed by atoms with Gasteiger partial charge in [-0.25, -0.2) is 0 Å². The van der Waals surface area contributed by atoms with Gasteiger partial charge in [0.05, 0.1) is 0 Å². The van der Waals surface area contributed by atoms with Gasteiger partial charge in [0.2, 0.25) is 0 Å². The molecule has 0 N–H and O–H groups in total. The second kappa shape index (κ2) is 67.3. The van der Waals surface area contributed by atoms with Gasteiger partial charge in [-0.05, 0) is 148 Å². The Hall–Kier alpha value is -5.23. The zero-order chi connectivity index (χ0) is 58.5. The highest BCUT2D eigenvalue weighted by Gasteiger charge is 2.19. The van der Waals surface area contributed by atoms with E-state index in [9.17, 15) is 14.4 Å². The van der Waals surface area contributed by atoms with Crippen molar-refractivity contribution >= 4 is 17.9 Å². The fourth-order valence-electron chi connectivity index (χ4n) is 8.43. The fraction of sp³-hybridized carbons (Fsp3) is 0.587. The Morgan fingerprint density at radius 2 is 0.444 bits per heavy atom. The monoisotopic (exact) mass is 1110 g/mol. The lowest BCUT2D eigenvalue weighted by Crippen LogP contribution is -2.30. The Balaban J connectivity index is 4.45. The Kier molecular flexibility index (Phi) is 62.9. The molecule has 0 saturated carbocycles. The van der Waals surface area contributed by atoms with Crippen LogP contribution in [0.2, 0.25) is 0 Å². The molecule has 0 saturated heterocycles. The molecular weight excluding hydrogens is 997 g/mol. The Bertz CT molecular complexity index is 1860. The first kappa shape index (κ1) is 75.8. The number of hydrogen-bond donors (Lipinski definition) is 0. The van der Waals surface area contributed by atoms with E-state index in [0.717, 1.165) is 193 Å². The summed E-state index contributed by atoms with van der Waals surface area (Å²) in [5.41, 5.74) is 0. The molecule has 6 nitrogen and oxygen atoms in total. The minimum Gasteiger partial charge on any atom is -0.462 e.